The molecule has 0 aliphatic carbocycles. The Balaban J connectivity index is 2.37. The Hall–Kier alpha value is -0.990. The highest BCUT2D eigenvalue weighted by Gasteiger charge is 2.23. The molecule has 1 N–H and O–H groups in total. The zero-order valence-electron chi connectivity index (χ0n) is 8.29. The van der Waals surface area contributed by atoms with Crippen LogP contribution in [0.4, 0.5) is 0 Å². The maximum atomic E-state index is 10.3. The largest absolute Gasteiger partial charge is 0.478 e. The van der Waals surface area contributed by atoms with Crippen molar-refractivity contribution in [3.63, 3.8) is 0 Å². The average Bonchev–Trinajstić information content (AvgIpc) is 2.02. The number of hydrogen-bond acceptors (Lipinski definition) is 2. The van der Waals surface area contributed by atoms with Crippen LogP contribution in [-0.4, -0.2) is 29.1 Å². The zero-order chi connectivity index (χ0) is 9.90. The number of piperidine rings is 1. The van der Waals surface area contributed by atoms with E-state index in [-0.39, 0.29) is 0 Å². The van der Waals surface area contributed by atoms with Gasteiger partial charge in [-0.1, -0.05) is 13.8 Å². The fourth-order valence-corrected chi connectivity index (χ4v) is 1.45. The number of hydrogen-bond donors (Lipinski definition) is 1. The number of nitrogens with zero attached hydrogens (tertiary/aromatic N) is 1. The molecule has 0 aromatic heterocycles. The smallest absolute Gasteiger partial charge is 0.329 e. The minimum Gasteiger partial charge on any atom is -0.478 e. The number of rotatable bonds is 2. The van der Waals surface area contributed by atoms with Gasteiger partial charge in [0.15, 0.2) is 0 Å². The predicted octanol–water partition coefficient (Wildman–Crippen LogP) is 1.71. The lowest BCUT2D eigenvalue weighted by Crippen LogP contribution is -2.33. The second kappa shape index (κ2) is 3.81. The van der Waals surface area contributed by atoms with Crippen LogP contribution in [0.3, 0.4) is 0 Å². The summed E-state index contributed by atoms with van der Waals surface area (Å²) in [4.78, 5) is 12.3. The number of carboxylic acid groups (broad SMARTS) is 1. The summed E-state index contributed by atoms with van der Waals surface area (Å²) in [6.45, 7) is 6.45. The second-order valence-electron chi connectivity index (χ2n) is 4.35. The van der Waals surface area contributed by atoms with E-state index in [1.807, 2.05) is 0 Å². The molecule has 0 atom stereocenters. The van der Waals surface area contributed by atoms with Crippen molar-refractivity contribution >= 4 is 5.97 Å². The fourth-order valence-electron chi connectivity index (χ4n) is 1.45. The van der Waals surface area contributed by atoms with E-state index < -0.39 is 5.97 Å². The van der Waals surface area contributed by atoms with Gasteiger partial charge in [-0.05, 0) is 18.3 Å². The summed E-state index contributed by atoms with van der Waals surface area (Å²) in [7, 11) is 0. The van der Waals surface area contributed by atoms with Crippen LogP contribution >= 0.6 is 0 Å². The molecule has 1 aliphatic heterocycles. The van der Waals surface area contributed by atoms with Gasteiger partial charge in [-0.2, -0.15) is 0 Å². The second-order valence-corrected chi connectivity index (χ2v) is 4.35. The molecule has 3 nitrogen and oxygen atoms in total. The van der Waals surface area contributed by atoms with Crippen LogP contribution < -0.4 is 0 Å². The van der Waals surface area contributed by atoms with Gasteiger partial charge in [-0.3, -0.25) is 0 Å². The summed E-state index contributed by atoms with van der Waals surface area (Å²) >= 11 is 0. The lowest BCUT2D eigenvalue weighted by Gasteiger charge is -2.36. The fraction of sp³-hybridized carbons (Fsp3) is 0.700. The molecule has 3 heteroatoms. The first kappa shape index (κ1) is 10.1. The van der Waals surface area contributed by atoms with E-state index in [1.165, 1.54) is 6.08 Å². The third-order valence-corrected chi connectivity index (χ3v) is 2.58. The topological polar surface area (TPSA) is 40.5 Å². The van der Waals surface area contributed by atoms with Crippen molar-refractivity contribution in [2.24, 2.45) is 5.41 Å². The highest BCUT2D eigenvalue weighted by atomic mass is 16.4. The maximum absolute atomic E-state index is 10.3. The minimum absolute atomic E-state index is 0.424. The van der Waals surface area contributed by atoms with Crippen LogP contribution in [0.15, 0.2) is 12.3 Å². The van der Waals surface area contributed by atoms with Gasteiger partial charge in [0.1, 0.15) is 0 Å². The first-order chi connectivity index (χ1) is 5.99. The molecule has 0 amide bonds. The van der Waals surface area contributed by atoms with E-state index in [0.717, 1.165) is 25.9 Å². The highest BCUT2D eigenvalue weighted by molar-refractivity contribution is 5.79. The van der Waals surface area contributed by atoms with Crippen LogP contribution in [0.5, 0.6) is 0 Å². The monoisotopic (exact) mass is 183 g/mol. The Kier molecular flexibility index (Phi) is 2.96. The molecule has 0 aromatic rings. The van der Waals surface area contributed by atoms with Crippen molar-refractivity contribution < 1.29 is 9.90 Å². The van der Waals surface area contributed by atoms with E-state index >= 15 is 0 Å². The van der Waals surface area contributed by atoms with Gasteiger partial charge >= 0.3 is 5.97 Å². The molecule has 0 radical (unpaired) electrons. The van der Waals surface area contributed by atoms with E-state index in [4.69, 9.17) is 5.11 Å². The molecule has 0 saturated carbocycles. The SMILES string of the molecule is CC1(C)CCN(C=CC(=O)O)CC1. The Morgan fingerprint density at radius 3 is 2.38 bits per heavy atom. The first-order valence-corrected chi connectivity index (χ1v) is 4.65. The highest BCUT2D eigenvalue weighted by Crippen LogP contribution is 2.29. The summed E-state index contributed by atoms with van der Waals surface area (Å²) in [5.74, 6) is -0.871. The van der Waals surface area contributed by atoms with Crippen LogP contribution in [0, 0.1) is 5.41 Å². The van der Waals surface area contributed by atoms with Crippen molar-refractivity contribution in [1.29, 1.82) is 0 Å². The van der Waals surface area contributed by atoms with Crippen molar-refractivity contribution in [3.05, 3.63) is 12.3 Å². The van der Waals surface area contributed by atoms with Crippen molar-refractivity contribution in [2.75, 3.05) is 13.1 Å². The first-order valence-electron chi connectivity index (χ1n) is 4.65. The lowest BCUT2D eigenvalue weighted by atomic mass is 9.83. The van der Waals surface area contributed by atoms with Gasteiger partial charge < -0.3 is 10.0 Å². The Morgan fingerprint density at radius 1 is 1.38 bits per heavy atom. The Morgan fingerprint density at radius 2 is 1.92 bits per heavy atom. The number of aliphatic carboxylic acids is 1. The van der Waals surface area contributed by atoms with Gasteiger partial charge in [0.05, 0.1) is 0 Å². The number of likely N-dealkylation sites (tertiary alicyclic amines) is 1. The van der Waals surface area contributed by atoms with E-state index in [9.17, 15) is 4.79 Å². The van der Waals surface area contributed by atoms with Crippen molar-refractivity contribution in [3.8, 4) is 0 Å². The van der Waals surface area contributed by atoms with Gasteiger partial charge in [-0.15, -0.1) is 0 Å². The number of carboxylic acids is 1. The molecule has 1 heterocycles. The molecular weight excluding hydrogens is 166 g/mol. The average molecular weight is 183 g/mol. The summed E-state index contributed by atoms with van der Waals surface area (Å²) in [6.07, 6.45) is 5.16. The molecule has 0 bridgehead atoms. The molecule has 1 fully saturated rings. The van der Waals surface area contributed by atoms with Gasteiger partial charge in [-0.25, -0.2) is 4.79 Å². The van der Waals surface area contributed by atoms with Crippen molar-refractivity contribution in [2.45, 2.75) is 26.7 Å². The Bertz CT molecular complexity index is 211. The normalized spacial score (nSPS) is 22.2. The van der Waals surface area contributed by atoms with Crippen molar-refractivity contribution in [1.82, 2.24) is 4.90 Å². The summed E-state index contributed by atoms with van der Waals surface area (Å²) in [5, 5.41) is 8.43. The van der Waals surface area contributed by atoms with Crippen LogP contribution in [0.25, 0.3) is 0 Å². The third kappa shape index (κ3) is 3.49. The molecule has 0 unspecified atom stereocenters. The van der Waals surface area contributed by atoms with E-state index in [1.54, 1.807) is 6.20 Å². The van der Waals surface area contributed by atoms with Crippen LogP contribution in [-0.2, 0) is 4.79 Å². The Labute approximate surface area is 79.0 Å². The molecular formula is C10H17NO2. The molecule has 74 valence electrons. The minimum atomic E-state index is -0.871. The number of carbonyl (C=O) groups is 1. The van der Waals surface area contributed by atoms with Gasteiger partial charge in [0, 0.05) is 25.4 Å². The lowest BCUT2D eigenvalue weighted by molar-refractivity contribution is -0.131. The van der Waals surface area contributed by atoms with Gasteiger partial charge in [0.25, 0.3) is 0 Å². The molecule has 1 saturated heterocycles. The molecule has 13 heavy (non-hydrogen) atoms. The third-order valence-electron chi connectivity index (χ3n) is 2.58. The summed E-state index contributed by atoms with van der Waals surface area (Å²) in [6, 6.07) is 0. The van der Waals surface area contributed by atoms with Crippen LogP contribution in [0.1, 0.15) is 26.7 Å². The van der Waals surface area contributed by atoms with E-state index in [0.29, 0.717) is 5.41 Å². The molecule has 1 aliphatic rings. The standard InChI is InChI=1S/C10H17NO2/c1-10(2)4-7-11(8-5-10)6-3-9(12)13/h3,6H,4-5,7-8H2,1-2H3,(H,12,13). The quantitative estimate of drug-likeness (QED) is 0.662. The van der Waals surface area contributed by atoms with E-state index in [2.05, 4.69) is 18.7 Å². The van der Waals surface area contributed by atoms with Gasteiger partial charge in [0.2, 0.25) is 0 Å². The molecule has 1 rings (SSSR count). The maximum Gasteiger partial charge on any atom is 0.329 e. The summed E-state index contributed by atoms with van der Waals surface area (Å²) < 4.78 is 0. The predicted molar refractivity (Wildman–Crippen MR) is 51.4 cm³/mol. The summed E-state index contributed by atoms with van der Waals surface area (Å²) in [5.41, 5.74) is 0.424. The zero-order valence-corrected chi connectivity index (χ0v) is 8.29. The molecule has 0 aromatic carbocycles. The van der Waals surface area contributed by atoms with Crippen LogP contribution in [0.2, 0.25) is 0 Å². The molecule has 0 spiro atoms.